The number of para-hydroxylation sites is 1. The van der Waals surface area contributed by atoms with Crippen molar-refractivity contribution >= 4 is 5.78 Å². The number of phenolic OH excluding ortho intramolecular Hbond substituents is 1. The van der Waals surface area contributed by atoms with Crippen molar-refractivity contribution in [2.24, 2.45) is 0 Å². The Morgan fingerprint density at radius 2 is 1.86 bits per heavy atom. The first-order chi connectivity index (χ1) is 10.6. The number of hydrogen-bond donors (Lipinski definition) is 1. The number of hydrogen-bond acceptors (Lipinski definition) is 3. The summed E-state index contributed by atoms with van der Waals surface area (Å²) in [5.41, 5.74) is 0.661. The number of aromatic nitrogens is 2. The van der Waals surface area contributed by atoms with Gasteiger partial charge in [0.15, 0.2) is 17.4 Å². The van der Waals surface area contributed by atoms with E-state index in [2.05, 4.69) is 5.10 Å². The molecule has 0 spiro atoms. The molecular weight excluding hydrogens is 290 g/mol. The van der Waals surface area contributed by atoms with Gasteiger partial charge in [-0.05, 0) is 24.3 Å². The number of rotatable bonds is 3. The van der Waals surface area contributed by atoms with Crippen molar-refractivity contribution in [2.75, 3.05) is 0 Å². The van der Waals surface area contributed by atoms with Gasteiger partial charge in [0.2, 0.25) is 0 Å². The fourth-order valence-corrected chi connectivity index (χ4v) is 2.03. The summed E-state index contributed by atoms with van der Waals surface area (Å²) < 4.78 is 27.4. The van der Waals surface area contributed by atoms with Crippen LogP contribution in [0.5, 0.6) is 5.75 Å². The number of aromatic hydroxyl groups is 1. The maximum absolute atomic E-state index is 13.2. The molecule has 0 atom stereocenters. The predicted octanol–water partition coefficient (Wildman–Crippen LogP) is 3.09. The van der Waals surface area contributed by atoms with E-state index < -0.39 is 17.4 Å². The number of carbonyl (C=O) groups excluding carboxylic acids is 1. The van der Waals surface area contributed by atoms with Gasteiger partial charge in [0.1, 0.15) is 5.75 Å². The molecule has 4 nitrogen and oxygen atoms in total. The van der Waals surface area contributed by atoms with E-state index in [1.165, 1.54) is 35.3 Å². The fraction of sp³-hybridized carbons (Fsp3) is 0. The molecule has 0 aliphatic heterocycles. The van der Waals surface area contributed by atoms with E-state index >= 15 is 0 Å². The van der Waals surface area contributed by atoms with Gasteiger partial charge in [-0.1, -0.05) is 12.1 Å². The summed E-state index contributed by atoms with van der Waals surface area (Å²) in [5, 5.41) is 13.7. The molecule has 0 saturated carbocycles. The zero-order chi connectivity index (χ0) is 15.7. The SMILES string of the molecule is O=C(c1cnn(-c2ccc(F)c(F)c2)c1)c1ccccc1O. The van der Waals surface area contributed by atoms with E-state index in [0.717, 1.165) is 12.1 Å². The van der Waals surface area contributed by atoms with Crippen LogP contribution in [0.3, 0.4) is 0 Å². The Morgan fingerprint density at radius 1 is 1.09 bits per heavy atom. The monoisotopic (exact) mass is 300 g/mol. The standard InChI is InChI=1S/C16H10F2N2O2/c17-13-6-5-11(7-14(13)18)20-9-10(8-19-20)16(22)12-3-1-2-4-15(12)21/h1-9,21H. The van der Waals surface area contributed by atoms with Crippen LogP contribution in [0.1, 0.15) is 15.9 Å². The third-order valence-corrected chi connectivity index (χ3v) is 3.16. The minimum absolute atomic E-state index is 0.131. The predicted molar refractivity (Wildman–Crippen MR) is 75.0 cm³/mol. The molecule has 3 aromatic rings. The van der Waals surface area contributed by atoms with Gasteiger partial charge in [0.05, 0.1) is 23.0 Å². The van der Waals surface area contributed by atoms with Crippen LogP contribution >= 0.6 is 0 Å². The Bertz CT molecular complexity index is 859. The summed E-state index contributed by atoms with van der Waals surface area (Å²) in [4.78, 5) is 12.3. The Morgan fingerprint density at radius 3 is 2.59 bits per heavy atom. The van der Waals surface area contributed by atoms with Crippen molar-refractivity contribution in [3.8, 4) is 11.4 Å². The molecule has 1 aromatic heterocycles. The normalized spacial score (nSPS) is 10.6. The molecule has 1 heterocycles. The van der Waals surface area contributed by atoms with Crippen molar-refractivity contribution in [1.82, 2.24) is 9.78 Å². The van der Waals surface area contributed by atoms with E-state index in [0.29, 0.717) is 0 Å². The zero-order valence-electron chi connectivity index (χ0n) is 11.2. The maximum atomic E-state index is 13.2. The molecule has 0 bridgehead atoms. The highest BCUT2D eigenvalue weighted by molar-refractivity contribution is 6.10. The molecule has 6 heteroatoms. The Hall–Kier alpha value is -3.02. The number of nitrogens with zero attached hydrogens (tertiary/aromatic N) is 2. The van der Waals surface area contributed by atoms with Crippen LogP contribution in [0.15, 0.2) is 54.9 Å². The fourth-order valence-electron chi connectivity index (χ4n) is 2.03. The van der Waals surface area contributed by atoms with Crippen molar-refractivity contribution in [3.05, 3.63) is 77.6 Å². The lowest BCUT2D eigenvalue weighted by Crippen LogP contribution is -2.00. The van der Waals surface area contributed by atoms with Crippen LogP contribution in [0.4, 0.5) is 8.78 Å². The van der Waals surface area contributed by atoms with Gasteiger partial charge in [0, 0.05) is 12.3 Å². The molecular formula is C16H10F2N2O2. The molecule has 0 fully saturated rings. The van der Waals surface area contributed by atoms with Crippen LogP contribution in [-0.4, -0.2) is 20.7 Å². The third kappa shape index (κ3) is 2.46. The van der Waals surface area contributed by atoms with E-state index in [9.17, 15) is 18.7 Å². The van der Waals surface area contributed by atoms with Gasteiger partial charge in [-0.25, -0.2) is 13.5 Å². The molecule has 22 heavy (non-hydrogen) atoms. The van der Waals surface area contributed by atoms with Crippen molar-refractivity contribution in [2.45, 2.75) is 0 Å². The molecule has 0 aliphatic rings. The number of phenols is 1. The van der Waals surface area contributed by atoms with Crippen LogP contribution in [0.2, 0.25) is 0 Å². The molecule has 0 amide bonds. The largest absolute Gasteiger partial charge is 0.507 e. The molecule has 0 aliphatic carbocycles. The van der Waals surface area contributed by atoms with Crippen molar-refractivity contribution < 1.29 is 18.7 Å². The summed E-state index contributed by atoms with van der Waals surface area (Å²) in [6.45, 7) is 0. The molecule has 0 radical (unpaired) electrons. The second-order valence-electron chi connectivity index (χ2n) is 4.62. The van der Waals surface area contributed by atoms with Crippen LogP contribution in [0, 0.1) is 11.6 Å². The summed E-state index contributed by atoms with van der Waals surface area (Å²) in [6, 6.07) is 9.45. The molecule has 1 N–H and O–H groups in total. The Kier molecular flexibility index (Phi) is 3.42. The Balaban J connectivity index is 1.95. The second-order valence-corrected chi connectivity index (χ2v) is 4.62. The summed E-state index contributed by atoms with van der Waals surface area (Å²) >= 11 is 0. The highest BCUT2D eigenvalue weighted by Gasteiger charge is 2.15. The van der Waals surface area contributed by atoms with Gasteiger partial charge in [-0.3, -0.25) is 4.79 Å². The average molecular weight is 300 g/mol. The average Bonchev–Trinajstić information content (AvgIpc) is 3.00. The zero-order valence-corrected chi connectivity index (χ0v) is 11.2. The summed E-state index contributed by atoms with van der Waals surface area (Å²) in [7, 11) is 0. The first-order valence-electron chi connectivity index (χ1n) is 6.39. The molecule has 2 aromatic carbocycles. The Labute approximate surface area is 124 Å². The summed E-state index contributed by atoms with van der Waals surface area (Å²) in [6.07, 6.45) is 2.69. The minimum atomic E-state index is -0.999. The maximum Gasteiger partial charge on any atom is 0.199 e. The lowest BCUT2D eigenvalue weighted by atomic mass is 10.1. The molecule has 3 rings (SSSR count). The first-order valence-corrected chi connectivity index (χ1v) is 6.39. The topological polar surface area (TPSA) is 55.1 Å². The third-order valence-electron chi connectivity index (χ3n) is 3.16. The highest BCUT2D eigenvalue weighted by atomic mass is 19.2. The van der Waals surface area contributed by atoms with Crippen molar-refractivity contribution in [3.63, 3.8) is 0 Å². The lowest BCUT2D eigenvalue weighted by Gasteiger charge is -2.02. The quantitative estimate of drug-likeness (QED) is 0.756. The van der Waals surface area contributed by atoms with E-state index in [1.54, 1.807) is 12.1 Å². The van der Waals surface area contributed by atoms with Gasteiger partial charge in [-0.15, -0.1) is 0 Å². The summed E-state index contributed by atoms with van der Waals surface area (Å²) in [5.74, 6) is -2.50. The smallest absolute Gasteiger partial charge is 0.199 e. The van der Waals surface area contributed by atoms with Crippen LogP contribution in [0.25, 0.3) is 5.69 Å². The van der Waals surface area contributed by atoms with Gasteiger partial charge < -0.3 is 5.11 Å². The van der Waals surface area contributed by atoms with Gasteiger partial charge in [-0.2, -0.15) is 5.10 Å². The lowest BCUT2D eigenvalue weighted by molar-refractivity contribution is 0.103. The second kappa shape index (κ2) is 5.40. The molecule has 110 valence electrons. The van der Waals surface area contributed by atoms with Crippen LogP contribution < -0.4 is 0 Å². The number of carbonyl (C=O) groups is 1. The number of halogens is 2. The van der Waals surface area contributed by atoms with Gasteiger partial charge >= 0.3 is 0 Å². The van der Waals surface area contributed by atoms with Gasteiger partial charge in [0.25, 0.3) is 0 Å². The number of ketones is 1. The molecule has 0 unspecified atom stereocenters. The van der Waals surface area contributed by atoms with E-state index in [4.69, 9.17) is 0 Å². The van der Waals surface area contributed by atoms with E-state index in [-0.39, 0.29) is 22.6 Å². The van der Waals surface area contributed by atoms with E-state index in [1.807, 2.05) is 0 Å². The van der Waals surface area contributed by atoms with Crippen molar-refractivity contribution in [1.29, 1.82) is 0 Å². The first kappa shape index (κ1) is 13.9. The molecule has 0 saturated heterocycles. The highest BCUT2D eigenvalue weighted by Crippen LogP contribution is 2.20. The number of benzene rings is 2. The minimum Gasteiger partial charge on any atom is -0.507 e. The van der Waals surface area contributed by atoms with Crippen LogP contribution in [-0.2, 0) is 0 Å².